The average molecular weight is 225 g/mol. The maximum Gasteiger partial charge on any atom is 0.249 e. The van der Waals surface area contributed by atoms with Crippen molar-refractivity contribution in [3.8, 4) is 6.07 Å². The van der Waals surface area contributed by atoms with Crippen molar-refractivity contribution >= 4 is 11.8 Å². The van der Waals surface area contributed by atoms with Gasteiger partial charge in [-0.1, -0.05) is 0 Å². The molecule has 0 saturated carbocycles. The summed E-state index contributed by atoms with van der Waals surface area (Å²) in [6, 6.07) is 1.12. The molecule has 0 aromatic rings. The molecule has 0 unspecified atom stereocenters. The van der Waals surface area contributed by atoms with Crippen LogP contribution in [0, 0.1) is 11.3 Å². The van der Waals surface area contributed by atoms with Gasteiger partial charge in [0.1, 0.15) is 12.1 Å². The van der Waals surface area contributed by atoms with Crippen LogP contribution in [-0.2, 0) is 14.3 Å². The van der Waals surface area contributed by atoms with Gasteiger partial charge in [-0.3, -0.25) is 9.59 Å². The van der Waals surface area contributed by atoms with Crippen molar-refractivity contribution in [1.82, 2.24) is 5.32 Å². The predicted octanol–water partition coefficient (Wildman–Crippen LogP) is -0.561. The Morgan fingerprint density at radius 3 is 2.88 bits per heavy atom. The van der Waals surface area contributed by atoms with Gasteiger partial charge in [0, 0.05) is 13.0 Å². The van der Waals surface area contributed by atoms with Gasteiger partial charge in [-0.2, -0.15) is 5.26 Å². The highest BCUT2D eigenvalue weighted by Crippen LogP contribution is 2.12. The van der Waals surface area contributed by atoms with Crippen LogP contribution in [0.3, 0.4) is 0 Å². The smallest absolute Gasteiger partial charge is 0.249 e. The minimum Gasteiger partial charge on any atom is -0.368 e. The lowest BCUT2D eigenvalue weighted by Crippen LogP contribution is -2.47. The summed E-state index contributed by atoms with van der Waals surface area (Å²) in [5, 5.41) is 10.9. The highest BCUT2D eigenvalue weighted by Gasteiger charge is 2.27. The summed E-state index contributed by atoms with van der Waals surface area (Å²) in [6.07, 6.45) is 1.44. The molecule has 0 spiro atoms. The van der Waals surface area contributed by atoms with E-state index in [1.165, 1.54) is 0 Å². The zero-order chi connectivity index (χ0) is 12.0. The van der Waals surface area contributed by atoms with Gasteiger partial charge in [-0.05, 0) is 19.3 Å². The minimum absolute atomic E-state index is 0.180. The van der Waals surface area contributed by atoms with Crippen molar-refractivity contribution in [2.75, 3.05) is 6.61 Å². The van der Waals surface area contributed by atoms with E-state index in [2.05, 4.69) is 5.32 Å². The van der Waals surface area contributed by atoms with Crippen LogP contribution < -0.4 is 11.1 Å². The second kappa shape index (κ2) is 6.08. The number of carbonyl (C=O) groups excluding carboxylic acids is 2. The normalized spacial score (nSPS) is 21.1. The molecule has 6 heteroatoms. The van der Waals surface area contributed by atoms with Gasteiger partial charge in [0.05, 0.1) is 6.07 Å². The number of nitrogens with one attached hydrogen (secondary N) is 1. The quantitative estimate of drug-likeness (QED) is 0.654. The molecule has 1 rings (SSSR count). The van der Waals surface area contributed by atoms with E-state index < -0.39 is 18.1 Å². The van der Waals surface area contributed by atoms with Gasteiger partial charge in [0.15, 0.2) is 0 Å². The Bertz CT molecular complexity index is 305. The van der Waals surface area contributed by atoms with E-state index in [0.717, 1.165) is 6.42 Å². The van der Waals surface area contributed by atoms with Crippen LogP contribution in [0.2, 0.25) is 0 Å². The van der Waals surface area contributed by atoms with E-state index in [1.807, 2.05) is 6.07 Å². The van der Waals surface area contributed by atoms with Gasteiger partial charge in [-0.15, -0.1) is 0 Å². The van der Waals surface area contributed by atoms with Crippen molar-refractivity contribution in [3.05, 3.63) is 0 Å². The summed E-state index contributed by atoms with van der Waals surface area (Å²) in [4.78, 5) is 22.6. The third-order valence-corrected chi connectivity index (χ3v) is 2.43. The van der Waals surface area contributed by atoms with Crippen LogP contribution in [0.1, 0.15) is 25.7 Å². The van der Waals surface area contributed by atoms with Crippen LogP contribution in [0.4, 0.5) is 0 Å². The van der Waals surface area contributed by atoms with Crippen LogP contribution in [0.5, 0.6) is 0 Å². The Morgan fingerprint density at radius 1 is 1.62 bits per heavy atom. The van der Waals surface area contributed by atoms with Gasteiger partial charge in [0.25, 0.3) is 0 Å². The molecule has 0 aromatic carbocycles. The number of ether oxygens (including phenoxy) is 1. The summed E-state index contributed by atoms with van der Waals surface area (Å²) in [5.41, 5.74) is 5.12. The Kier molecular flexibility index (Phi) is 4.73. The summed E-state index contributed by atoms with van der Waals surface area (Å²) in [6.45, 7) is 0.567. The van der Waals surface area contributed by atoms with Crippen molar-refractivity contribution in [3.63, 3.8) is 0 Å². The molecule has 1 aliphatic rings. The molecule has 0 radical (unpaired) electrons. The minimum atomic E-state index is -0.781. The van der Waals surface area contributed by atoms with E-state index in [9.17, 15) is 9.59 Å². The number of amides is 2. The molecule has 3 N–H and O–H groups in total. The molecule has 1 heterocycles. The maximum atomic E-state index is 11.6. The first kappa shape index (κ1) is 12.5. The van der Waals surface area contributed by atoms with Crippen molar-refractivity contribution in [1.29, 1.82) is 5.26 Å². The zero-order valence-corrected chi connectivity index (χ0v) is 8.94. The maximum absolute atomic E-state index is 11.6. The Balaban J connectivity index is 2.44. The van der Waals surface area contributed by atoms with Crippen LogP contribution >= 0.6 is 0 Å². The first-order valence-electron chi connectivity index (χ1n) is 5.23. The zero-order valence-electron chi connectivity index (χ0n) is 8.94. The number of primary amides is 1. The third kappa shape index (κ3) is 3.51. The molecule has 0 bridgehead atoms. The monoisotopic (exact) mass is 225 g/mol. The predicted molar refractivity (Wildman–Crippen MR) is 54.9 cm³/mol. The summed E-state index contributed by atoms with van der Waals surface area (Å²) in [5.74, 6) is -0.944. The fourth-order valence-corrected chi connectivity index (χ4v) is 1.54. The van der Waals surface area contributed by atoms with Gasteiger partial charge in [0.2, 0.25) is 11.8 Å². The SMILES string of the molecule is N#CCC[C@@H](NC(=O)[C@H]1CCCO1)C(N)=O. The van der Waals surface area contributed by atoms with E-state index in [1.54, 1.807) is 0 Å². The van der Waals surface area contributed by atoms with Gasteiger partial charge in [-0.25, -0.2) is 0 Å². The standard InChI is InChI=1S/C10H15N3O3/c11-5-1-3-7(9(12)14)13-10(15)8-4-2-6-16-8/h7-8H,1-4,6H2,(H2,12,14)(H,13,15)/t7-,8-/m1/s1. The number of hydrogen-bond donors (Lipinski definition) is 2. The molecular formula is C10H15N3O3. The lowest BCUT2D eigenvalue weighted by atomic mass is 10.1. The summed E-state index contributed by atoms with van der Waals surface area (Å²) >= 11 is 0. The van der Waals surface area contributed by atoms with Crippen molar-refractivity contribution in [2.45, 2.75) is 37.8 Å². The van der Waals surface area contributed by atoms with Crippen LogP contribution in [0.15, 0.2) is 0 Å². The Morgan fingerprint density at radius 2 is 2.38 bits per heavy atom. The first-order valence-corrected chi connectivity index (χ1v) is 5.23. The highest BCUT2D eigenvalue weighted by atomic mass is 16.5. The second-order valence-electron chi connectivity index (χ2n) is 3.66. The molecule has 2 atom stereocenters. The highest BCUT2D eigenvalue weighted by molar-refractivity contribution is 5.88. The van der Waals surface area contributed by atoms with E-state index in [-0.39, 0.29) is 18.7 Å². The first-order chi connectivity index (χ1) is 7.65. The number of carbonyl (C=O) groups is 2. The molecular weight excluding hydrogens is 210 g/mol. The second-order valence-corrected chi connectivity index (χ2v) is 3.66. The van der Waals surface area contributed by atoms with Gasteiger partial charge < -0.3 is 15.8 Å². The fraction of sp³-hybridized carbons (Fsp3) is 0.700. The van der Waals surface area contributed by atoms with Gasteiger partial charge >= 0.3 is 0 Å². The number of nitrogens with two attached hydrogens (primary N) is 1. The van der Waals surface area contributed by atoms with Crippen LogP contribution in [-0.4, -0.2) is 30.6 Å². The van der Waals surface area contributed by atoms with E-state index >= 15 is 0 Å². The van der Waals surface area contributed by atoms with Crippen molar-refractivity contribution in [2.24, 2.45) is 5.73 Å². The molecule has 0 aromatic heterocycles. The number of nitriles is 1. The molecule has 88 valence electrons. The van der Waals surface area contributed by atoms with E-state index in [0.29, 0.717) is 13.0 Å². The fourth-order valence-electron chi connectivity index (χ4n) is 1.54. The van der Waals surface area contributed by atoms with Crippen LogP contribution in [0.25, 0.3) is 0 Å². The molecule has 6 nitrogen and oxygen atoms in total. The average Bonchev–Trinajstić information content (AvgIpc) is 2.76. The Hall–Kier alpha value is -1.61. The Labute approximate surface area is 93.7 Å². The number of rotatable bonds is 5. The lowest BCUT2D eigenvalue weighted by molar-refractivity contribution is -0.133. The third-order valence-electron chi connectivity index (χ3n) is 2.43. The number of hydrogen-bond acceptors (Lipinski definition) is 4. The molecule has 0 aliphatic carbocycles. The molecule has 2 amide bonds. The van der Waals surface area contributed by atoms with Crippen molar-refractivity contribution < 1.29 is 14.3 Å². The molecule has 1 saturated heterocycles. The van der Waals surface area contributed by atoms with E-state index in [4.69, 9.17) is 15.7 Å². The summed E-state index contributed by atoms with van der Waals surface area (Å²) in [7, 11) is 0. The largest absolute Gasteiger partial charge is 0.368 e. The summed E-state index contributed by atoms with van der Waals surface area (Å²) < 4.78 is 5.17. The lowest BCUT2D eigenvalue weighted by Gasteiger charge is -2.16. The number of nitrogens with zero attached hydrogens (tertiary/aromatic N) is 1. The topological polar surface area (TPSA) is 105 Å². The molecule has 1 fully saturated rings. The molecule has 16 heavy (non-hydrogen) atoms. The molecule has 1 aliphatic heterocycles.